The van der Waals surface area contributed by atoms with Gasteiger partial charge < -0.3 is 164 Å². The summed E-state index contributed by atoms with van der Waals surface area (Å²) in [5.41, 5.74) is 35.1. The lowest BCUT2D eigenvalue weighted by Gasteiger charge is -2.16. The Balaban J connectivity index is 0.000000175. The number of hydrogen-bond donors (Lipinski definition) is 26. The van der Waals surface area contributed by atoms with Crippen LogP contribution in [-0.4, -0.2) is 397 Å². The molecule has 13 aromatic heterocycles. The number of aromatic nitrogens is 26. The molecule has 0 radical (unpaired) electrons. The van der Waals surface area contributed by atoms with Crippen molar-refractivity contribution in [2.75, 3.05) is 94.4 Å². The van der Waals surface area contributed by atoms with Crippen LogP contribution in [0, 0.1) is 5.92 Å². The molecule has 5 aliphatic rings. The molecule has 18 rings (SSSR count). The Hall–Kier alpha value is -14.3. The van der Waals surface area contributed by atoms with Gasteiger partial charge in [0.15, 0.2) is 94.4 Å². The quantitative estimate of drug-likeness (QED) is 0.00748. The second kappa shape index (κ2) is 46.9. The maximum atomic E-state index is 11.8. The molecule has 36 N–H and O–H groups in total. The van der Waals surface area contributed by atoms with Gasteiger partial charge in [-0.25, -0.2) is 49.6 Å². The van der Waals surface area contributed by atoms with E-state index in [2.05, 4.69) is 123 Å². The van der Waals surface area contributed by atoms with Crippen molar-refractivity contribution >= 4 is 139 Å². The summed E-state index contributed by atoms with van der Waals surface area (Å²) >= 11 is 5.74. The second-order valence-electron chi connectivity index (χ2n) is 29.4. The first-order valence-electron chi connectivity index (χ1n) is 40.6. The molecule has 0 bridgehead atoms. The van der Waals surface area contributed by atoms with Gasteiger partial charge in [-0.3, -0.25) is 54.3 Å². The molecule has 0 unspecified atom stereocenters. The van der Waals surface area contributed by atoms with Gasteiger partial charge in [0.2, 0.25) is 11.2 Å². The number of carbonyl (C=O) groups excluding carboxylic acids is 6. The fourth-order valence-electron chi connectivity index (χ4n) is 14.0. The number of rotatable bonds is 22. The van der Waals surface area contributed by atoms with Crippen molar-refractivity contribution < 1.29 is 144 Å². The first-order valence-corrected chi connectivity index (χ1v) is 41.0. The number of aliphatic hydroxyl groups excluding tert-OH is 15. The van der Waals surface area contributed by atoms with Gasteiger partial charge in [-0.2, -0.15) is 65.1 Å². The summed E-state index contributed by atoms with van der Waals surface area (Å²) in [4.78, 5) is 127. The number of fused-ring (bicyclic) bond motifs is 5. The Bertz CT molecular complexity index is 6270. The summed E-state index contributed by atoms with van der Waals surface area (Å²) in [6, 6.07) is 0. The number of hydrazine groups is 2. The predicted octanol–water partition coefficient (Wildman–Crippen LogP) is -12.3. The summed E-state index contributed by atoms with van der Waals surface area (Å²) in [5.74, 6) is 10.7. The zero-order valence-electron chi connectivity index (χ0n) is 72.7. The molecule has 67 heteroatoms. The number of hydrogen-bond acceptors (Lipinski definition) is 55. The van der Waals surface area contributed by atoms with Gasteiger partial charge in [-0.15, -0.1) is 0 Å². The molecule has 13 aromatic rings. The summed E-state index contributed by atoms with van der Waals surface area (Å²) in [6.45, 7) is 1.48. The van der Waals surface area contributed by atoms with Gasteiger partial charge in [-0.1, -0.05) is 7.43 Å². The number of aliphatic hydroxyl groups is 15. The first-order chi connectivity index (χ1) is 66.2. The van der Waals surface area contributed by atoms with E-state index in [4.69, 9.17) is 84.7 Å². The zero-order chi connectivity index (χ0) is 100. The SMILES string of the molecule is C.CCOC(=O)C(C=O)C=O.CCOC(=O)c1cnn(-c2nc(N)c3ncn([C@@H]4O[C@H](CO)[C@@H](O)[C@H]4O)c3n2)c1.CNC(=O)c1cnn(-c2nc(N)c3ncn([C@@H]4O[C@H](CO)[C@@H](O)[C@H]4O)c3n2)c1.CNC(=O)c1cnn(-c2nc(N)c3ncn([C@@H]4O[C@H](CO)[C@@H](O)[C@H]4O)c3n2)c1.NN.NNc1nc(N)c2ncn([C@@H]3O[C@H](CO)[C@@H](O)[C@H]3O)c2n1.Nc1nc(Cl)nc2c1ncn2[C@@H]1O[C@H](CO)[C@@H](O)[C@H]1O.O. The number of nitrogen functional groups attached to an aromatic ring is 6. The van der Waals surface area contributed by atoms with Crippen molar-refractivity contribution in [2.45, 2.75) is 144 Å². The van der Waals surface area contributed by atoms with E-state index in [-0.39, 0.29) is 159 Å². The molecule has 5 aliphatic heterocycles. The van der Waals surface area contributed by atoms with E-state index in [0.29, 0.717) is 22.2 Å². The number of ether oxygens (including phenoxy) is 7. The third kappa shape index (κ3) is 21.9. The maximum absolute atomic E-state index is 11.8. The van der Waals surface area contributed by atoms with E-state index in [1.165, 1.54) is 120 Å². The lowest BCUT2D eigenvalue weighted by Crippen LogP contribution is -2.33. The van der Waals surface area contributed by atoms with Crippen molar-refractivity contribution in [3.05, 3.63) is 90.8 Å². The van der Waals surface area contributed by atoms with Crippen LogP contribution in [0.2, 0.25) is 5.28 Å². The van der Waals surface area contributed by atoms with E-state index in [1.807, 2.05) is 0 Å². The van der Waals surface area contributed by atoms with Gasteiger partial charge in [0, 0.05) is 32.7 Å². The smallest absolute Gasteiger partial charge is 0.341 e. The highest BCUT2D eigenvalue weighted by Crippen LogP contribution is 2.39. The lowest BCUT2D eigenvalue weighted by atomic mass is 10.1. The molecule has 2 amide bonds. The molecule has 0 spiro atoms. The monoisotopic (exact) mass is 1990 g/mol. The van der Waals surface area contributed by atoms with Gasteiger partial charge in [-0.05, 0) is 25.4 Å². The molecule has 0 saturated carbocycles. The molecule has 20 atom stereocenters. The molecular weight excluding hydrogens is 1890 g/mol. The molecular formula is C73H100ClN37O29. The number of halogens is 1. The second-order valence-corrected chi connectivity index (χ2v) is 29.7. The van der Waals surface area contributed by atoms with Crippen molar-refractivity contribution in [3.8, 4) is 17.8 Å². The third-order valence-electron chi connectivity index (χ3n) is 21.0. The number of esters is 2. The standard InChI is InChI=1S/C16H19N7O6.2C15H18N8O5.C10H12ClN5O4.C10H15N7O4.C6H8O4.CH4.H4N2.H2O/c1-2-28-15(27)7-3-19-23(4-7)16-20-12(17)9-13(21-16)22(6-18-9)14-11(26)10(25)8(5-24)29-14;2*1-17-13(27)6-2-19-23(3-6)15-20-11(16)8-12(21-15)22(5-18-8)14-10(26)9(25)7(4-24)28-14;11-10-14-7(12)4-8(15-10)16(2-13-4)9-6(19)5(18)3(1-17)20-9;11-7-4-8(15-10(14-7)16-12)17(2-13-4)9-6(20)5(19)3(1-18)21-9;1-2-10-6(9)5(3-7)4-8;;1-2;/h3-4,6,8,10-11,14,24-26H,2,5H2,1H3,(H2,17,20,21);2*2-3,5,7,9-10,14,24-26H,4H2,1H3,(H,17,27)(H2,16,20,21);2-3,5-6,9,17-19H,1H2,(H2,12,14,15);2-3,5-6,9,18-20H,1,12H2,(H3,11,14,15,16);3-5H,2H2,1H3;1H4;1-2H2;1H2/t8-,10-,11-,14-;2*7-,9-,10-,14-;2*3-,5-,6-,9-;;;;/m11111..../s1. The van der Waals surface area contributed by atoms with Crippen LogP contribution >= 0.6 is 11.6 Å². The number of aldehydes is 2. The average molecular weight is 2000 g/mol. The Labute approximate surface area is 787 Å². The Morgan fingerprint density at radius 2 is 0.679 bits per heavy atom. The maximum Gasteiger partial charge on any atom is 0.341 e. The normalized spacial score (nSPS) is 24.3. The lowest BCUT2D eigenvalue weighted by molar-refractivity contribution is -0.150. The highest BCUT2D eigenvalue weighted by molar-refractivity contribution is 6.28. The van der Waals surface area contributed by atoms with E-state index >= 15 is 0 Å². The number of imidazole rings is 5. The highest BCUT2D eigenvalue weighted by atomic mass is 35.5. The van der Waals surface area contributed by atoms with Crippen LogP contribution in [0.1, 0.15) is 83.5 Å². The third-order valence-corrected chi connectivity index (χ3v) is 21.1. The van der Waals surface area contributed by atoms with Gasteiger partial charge in [0.25, 0.3) is 29.7 Å². The highest BCUT2D eigenvalue weighted by Gasteiger charge is 2.49. The molecule has 758 valence electrons. The number of nitrogens with zero attached hydrogens (tertiary/aromatic N) is 26. The van der Waals surface area contributed by atoms with E-state index in [0.717, 1.165) is 0 Å². The van der Waals surface area contributed by atoms with Crippen molar-refractivity contribution in [1.82, 2.24) is 138 Å². The number of nitrogens with two attached hydrogens (primary N) is 8. The minimum atomic E-state index is -1.32. The first kappa shape index (κ1) is 108. The van der Waals surface area contributed by atoms with Crippen molar-refractivity contribution in [1.29, 1.82) is 0 Å². The van der Waals surface area contributed by atoms with Crippen LogP contribution in [0.15, 0.2) is 68.8 Å². The van der Waals surface area contributed by atoms with Gasteiger partial charge in [0.05, 0.1) is 113 Å². The minimum Gasteiger partial charge on any atom is -0.465 e. The van der Waals surface area contributed by atoms with Gasteiger partial charge >= 0.3 is 11.9 Å². The fraction of sp³-hybridized carbons (Fsp3) is 0.452. The van der Waals surface area contributed by atoms with Crippen LogP contribution in [-0.2, 0) is 47.5 Å². The molecule has 5 fully saturated rings. The van der Waals surface area contributed by atoms with Gasteiger partial charge in [0.1, 0.15) is 132 Å². The summed E-state index contributed by atoms with van der Waals surface area (Å²) < 4.78 is 47.4. The predicted molar refractivity (Wildman–Crippen MR) is 472 cm³/mol. The summed E-state index contributed by atoms with van der Waals surface area (Å²) in [5, 5.41) is 163. The number of nitrogens with one attached hydrogen (secondary N) is 3. The Kier molecular flexibility index (Phi) is 36.1. The van der Waals surface area contributed by atoms with Crippen LogP contribution < -0.4 is 62.3 Å². The largest absolute Gasteiger partial charge is 0.465 e. The molecule has 18 heterocycles. The zero-order valence-corrected chi connectivity index (χ0v) is 73.5. The molecule has 0 aromatic carbocycles. The average Bonchev–Trinajstić information content (AvgIpc) is 1.64. The van der Waals surface area contributed by atoms with Crippen LogP contribution in [0.3, 0.4) is 0 Å². The van der Waals surface area contributed by atoms with Crippen molar-refractivity contribution in [3.63, 3.8) is 0 Å². The number of anilines is 6. The van der Waals surface area contributed by atoms with Crippen LogP contribution in [0.4, 0.5) is 35.0 Å². The topological polar surface area (TPSA) is 1020 Å². The Morgan fingerprint density at radius 1 is 0.414 bits per heavy atom. The molecule has 0 aliphatic carbocycles. The van der Waals surface area contributed by atoms with E-state index < -0.39 is 174 Å². The molecule has 5 saturated heterocycles. The molecule has 140 heavy (non-hydrogen) atoms. The van der Waals surface area contributed by atoms with Crippen LogP contribution in [0.25, 0.3) is 73.7 Å². The summed E-state index contributed by atoms with van der Waals surface area (Å²) in [6.07, 6.45) is -6.75. The van der Waals surface area contributed by atoms with E-state index in [9.17, 15) is 95.2 Å². The fourth-order valence-corrected chi connectivity index (χ4v) is 14.2. The molecule has 66 nitrogen and oxygen atoms in total. The van der Waals surface area contributed by atoms with E-state index in [1.54, 1.807) is 13.8 Å². The van der Waals surface area contributed by atoms with Crippen molar-refractivity contribution in [2.24, 2.45) is 23.4 Å². The minimum absolute atomic E-state index is 0. The Morgan fingerprint density at radius 3 is 0.943 bits per heavy atom. The summed E-state index contributed by atoms with van der Waals surface area (Å²) in [7, 11) is 3.00. The number of carbonyl (C=O) groups is 6. The number of amides is 2. The van der Waals surface area contributed by atoms with Crippen LogP contribution in [0.5, 0.6) is 0 Å².